The predicted molar refractivity (Wildman–Crippen MR) is 156 cm³/mol. The maximum Gasteiger partial charge on any atom is 0.109 e. The average Bonchev–Trinajstić information content (AvgIpc) is 3.56. The van der Waals surface area contributed by atoms with Gasteiger partial charge in [-0.1, -0.05) is 50.2 Å². The summed E-state index contributed by atoms with van der Waals surface area (Å²) in [6, 6.07) is 22.2. The van der Waals surface area contributed by atoms with Gasteiger partial charge < -0.3 is 9.97 Å². The number of hydrogen-bond acceptors (Lipinski definition) is 3. The van der Waals surface area contributed by atoms with E-state index in [0.29, 0.717) is 5.92 Å². The first kappa shape index (κ1) is 21.6. The van der Waals surface area contributed by atoms with Crippen molar-refractivity contribution in [3.05, 3.63) is 89.8 Å². The van der Waals surface area contributed by atoms with E-state index in [4.69, 9.17) is 15.0 Å². The van der Waals surface area contributed by atoms with Crippen LogP contribution < -0.4 is 0 Å². The quantitative estimate of drug-likeness (QED) is 0.240. The van der Waals surface area contributed by atoms with Crippen molar-refractivity contribution in [2.24, 2.45) is 0 Å². The van der Waals surface area contributed by atoms with Crippen LogP contribution in [0.15, 0.2) is 66.9 Å². The number of aromatic nitrogens is 5. The molecule has 0 fully saturated rings. The topological polar surface area (TPSA) is 70.2 Å². The van der Waals surface area contributed by atoms with Crippen molar-refractivity contribution in [1.29, 1.82) is 0 Å². The van der Waals surface area contributed by atoms with Crippen LogP contribution in [0.3, 0.4) is 0 Å². The van der Waals surface area contributed by atoms with Crippen molar-refractivity contribution in [1.82, 2.24) is 24.9 Å². The molecule has 0 atom stereocenters. The van der Waals surface area contributed by atoms with Gasteiger partial charge in [0.25, 0.3) is 0 Å². The number of nitrogens with one attached hydrogen (secondary N) is 2. The van der Waals surface area contributed by atoms with Gasteiger partial charge in [0.1, 0.15) is 11.6 Å². The highest BCUT2D eigenvalue weighted by Gasteiger charge is 2.23. The van der Waals surface area contributed by atoms with Gasteiger partial charge in [-0.3, -0.25) is 4.98 Å². The molecule has 0 bridgehead atoms. The van der Waals surface area contributed by atoms with Gasteiger partial charge in [0.2, 0.25) is 0 Å². The summed E-state index contributed by atoms with van der Waals surface area (Å²) in [5.74, 6) is 2.40. The van der Waals surface area contributed by atoms with E-state index in [1.165, 1.54) is 38.7 Å². The van der Waals surface area contributed by atoms with Gasteiger partial charge in [0, 0.05) is 39.5 Å². The predicted octanol–water partition coefficient (Wildman–Crippen LogP) is 8.01. The van der Waals surface area contributed by atoms with E-state index in [2.05, 4.69) is 78.4 Å². The molecule has 8 rings (SSSR count). The number of rotatable bonds is 2. The van der Waals surface area contributed by atoms with Gasteiger partial charge in [-0.05, 0) is 71.5 Å². The van der Waals surface area contributed by atoms with Crippen LogP contribution >= 0.6 is 0 Å². The average molecular weight is 494 g/mol. The third kappa shape index (κ3) is 3.02. The third-order valence-corrected chi connectivity index (χ3v) is 8.12. The molecule has 0 spiro atoms. The first-order chi connectivity index (χ1) is 18.5. The summed E-state index contributed by atoms with van der Waals surface area (Å²) in [6.45, 7) is 6.39. The van der Waals surface area contributed by atoms with Gasteiger partial charge >= 0.3 is 0 Å². The smallest absolute Gasteiger partial charge is 0.109 e. The minimum Gasteiger partial charge on any atom is -0.345 e. The highest BCUT2D eigenvalue weighted by atomic mass is 14.9. The first-order valence-corrected chi connectivity index (χ1v) is 13.4. The zero-order valence-electron chi connectivity index (χ0n) is 21.7. The van der Waals surface area contributed by atoms with E-state index in [-0.39, 0.29) is 0 Å². The summed E-state index contributed by atoms with van der Waals surface area (Å²) < 4.78 is 0. The molecule has 3 aromatic heterocycles. The van der Waals surface area contributed by atoms with E-state index in [1.807, 2.05) is 19.2 Å². The Morgan fingerprint density at radius 3 is 2.47 bits per heavy atom. The lowest BCUT2D eigenvalue weighted by Crippen LogP contribution is -2.04. The fourth-order valence-electron chi connectivity index (χ4n) is 6.25. The van der Waals surface area contributed by atoms with Gasteiger partial charge in [-0.25, -0.2) is 9.97 Å². The van der Waals surface area contributed by atoms with E-state index in [0.717, 1.165) is 62.9 Å². The molecule has 4 aromatic carbocycles. The van der Waals surface area contributed by atoms with Crippen molar-refractivity contribution in [2.75, 3.05) is 0 Å². The second kappa shape index (κ2) is 7.75. The van der Waals surface area contributed by atoms with Crippen molar-refractivity contribution < 1.29 is 0 Å². The lowest BCUT2D eigenvalue weighted by Gasteiger charge is -2.18. The number of hydrogen-bond donors (Lipinski definition) is 2. The Hall–Kier alpha value is -4.51. The molecule has 5 heteroatoms. The SMILES string of the molecule is Cc1nc2c3cccnc3c3cc(-c4ccc5c6c(ccc5c4)-c4nc(C(C)C)[nH]c4CC6)ccc3c2[nH]1. The molecule has 0 amide bonds. The standard InChI is InChI=1S/C33H27N5/c1-17(2)33-37-28-13-12-23-22-9-6-19(15-21(22)8-11-24(23)30(28)38-33)20-7-10-25-27(16-20)29-26(5-4-14-34-29)32-31(25)35-18(3)36-32/h4-11,14-17H,12-13H2,1-3H3,(H,35,36)(H,37,38). The van der Waals surface area contributed by atoms with Crippen LogP contribution in [0.2, 0.25) is 0 Å². The molecule has 5 nitrogen and oxygen atoms in total. The Morgan fingerprint density at radius 2 is 1.61 bits per heavy atom. The van der Waals surface area contributed by atoms with Crippen molar-refractivity contribution in [3.63, 3.8) is 0 Å². The fraction of sp³-hybridized carbons (Fsp3) is 0.182. The van der Waals surface area contributed by atoms with E-state index >= 15 is 0 Å². The van der Waals surface area contributed by atoms with Crippen LogP contribution in [0.1, 0.15) is 42.7 Å². The second-order valence-corrected chi connectivity index (χ2v) is 10.8. The number of imidazole rings is 2. The normalized spacial score (nSPS) is 13.2. The molecule has 184 valence electrons. The monoisotopic (exact) mass is 493 g/mol. The van der Waals surface area contributed by atoms with Gasteiger partial charge in [0.05, 0.1) is 22.2 Å². The summed E-state index contributed by atoms with van der Waals surface area (Å²) in [5.41, 5.74) is 10.6. The van der Waals surface area contributed by atoms with Crippen molar-refractivity contribution >= 4 is 43.5 Å². The van der Waals surface area contributed by atoms with Gasteiger partial charge in [0.15, 0.2) is 0 Å². The van der Waals surface area contributed by atoms with Crippen LogP contribution in [0.25, 0.3) is 65.9 Å². The number of H-pyrrole nitrogens is 2. The Labute approximate surface area is 220 Å². The lowest BCUT2D eigenvalue weighted by atomic mass is 9.87. The molecule has 1 aliphatic carbocycles. The Morgan fingerprint density at radius 1 is 0.763 bits per heavy atom. The highest BCUT2D eigenvalue weighted by molar-refractivity contribution is 6.22. The molecular weight excluding hydrogens is 466 g/mol. The first-order valence-electron chi connectivity index (χ1n) is 13.4. The number of pyridine rings is 1. The maximum atomic E-state index is 4.97. The van der Waals surface area contributed by atoms with E-state index < -0.39 is 0 Å². The highest BCUT2D eigenvalue weighted by Crippen LogP contribution is 2.39. The molecule has 0 unspecified atom stereocenters. The molecule has 7 aromatic rings. The number of nitrogens with zero attached hydrogens (tertiary/aromatic N) is 3. The zero-order valence-corrected chi connectivity index (χ0v) is 21.7. The van der Waals surface area contributed by atoms with Crippen LogP contribution in [0.4, 0.5) is 0 Å². The lowest BCUT2D eigenvalue weighted by molar-refractivity contribution is 0.787. The Kier molecular flexibility index (Phi) is 4.40. The largest absolute Gasteiger partial charge is 0.345 e. The maximum absolute atomic E-state index is 4.97. The summed E-state index contributed by atoms with van der Waals surface area (Å²) in [5, 5.41) is 5.98. The zero-order chi connectivity index (χ0) is 25.5. The number of fused-ring (bicyclic) bond motifs is 11. The van der Waals surface area contributed by atoms with E-state index in [9.17, 15) is 0 Å². The van der Waals surface area contributed by atoms with Gasteiger partial charge in [-0.2, -0.15) is 0 Å². The minimum atomic E-state index is 0.398. The van der Waals surface area contributed by atoms with Crippen molar-refractivity contribution in [2.45, 2.75) is 39.5 Å². The molecular formula is C33H27N5. The van der Waals surface area contributed by atoms with Crippen molar-refractivity contribution in [3.8, 4) is 22.4 Å². The molecule has 3 heterocycles. The van der Waals surface area contributed by atoms with Gasteiger partial charge in [-0.15, -0.1) is 0 Å². The number of aromatic amines is 2. The summed E-state index contributed by atoms with van der Waals surface area (Å²) in [6.07, 6.45) is 3.91. The summed E-state index contributed by atoms with van der Waals surface area (Å²) >= 11 is 0. The second-order valence-electron chi connectivity index (χ2n) is 10.8. The molecule has 0 radical (unpaired) electrons. The minimum absolute atomic E-state index is 0.398. The van der Waals surface area contributed by atoms with E-state index in [1.54, 1.807) is 0 Å². The Bertz CT molecular complexity index is 2080. The third-order valence-electron chi connectivity index (χ3n) is 8.12. The molecule has 0 aliphatic heterocycles. The fourth-order valence-corrected chi connectivity index (χ4v) is 6.25. The summed E-state index contributed by atoms with van der Waals surface area (Å²) in [4.78, 5) is 21.5. The van der Waals surface area contributed by atoms with Crippen LogP contribution in [-0.2, 0) is 12.8 Å². The molecule has 0 saturated carbocycles. The van der Waals surface area contributed by atoms with Crippen LogP contribution in [-0.4, -0.2) is 24.9 Å². The molecule has 2 N–H and O–H groups in total. The molecule has 0 saturated heterocycles. The Balaban J connectivity index is 1.29. The number of aryl methyl sites for hydroxylation is 3. The van der Waals surface area contributed by atoms with Crippen LogP contribution in [0, 0.1) is 6.92 Å². The summed E-state index contributed by atoms with van der Waals surface area (Å²) in [7, 11) is 0. The molecule has 38 heavy (non-hydrogen) atoms. The number of benzene rings is 4. The van der Waals surface area contributed by atoms with Crippen LogP contribution in [0.5, 0.6) is 0 Å². The molecule has 1 aliphatic rings.